The monoisotopic (exact) mass is 287 g/mol. The van der Waals surface area contributed by atoms with Gasteiger partial charge in [0.2, 0.25) is 0 Å². The maximum Gasteiger partial charge on any atom is 0.323 e. The molecule has 110 valence electrons. The summed E-state index contributed by atoms with van der Waals surface area (Å²) >= 11 is 0. The number of hydrogen-bond donors (Lipinski definition) is 1. The smallest absolute Gasteiger partial charge is 0.323 e. The summed E-state index contributed by atoms with van der Waals surface area (Å²) < 4.78 is 7.32. The molecule has 21 heavy (non-hydrogen) atoms. The molecule has 0 spiro atoms. The van der Waals surface area contributed by atoms with Crippen molar-refractivity contribution in [3.63, 3.8) is 0 Å². The average Bonchev–Trinajstić information content (AvgIpc) is 2.80. The summed E-state index contributed by atoms with van der Waals surface area (Å²) in [6.07, 6.45) is 0. The zero-order valence-electron chi connectivity index (χ0n) is 12.2. The van der Waals surface area contributed by atoms with E-state index in [2.05, 4.69) is 5.32 Å². The Morgan fingerprint density at radius 1 is 1.33 bits per heavy atom. The molecule has 0 saturated carbocycles. The number of aromatic nitrogens is 1. The average molecular weight is 287 g/mol. The fourth-order valence-electron chi connectivity index (χ4n) is 2.70. The van der Waals surface area contributed by atoms with E-state index in [9.17, 15) is 10.1 Å². The van der Waals surface area contributed by atoms with Gasteiger partial charge in [-0.2, -0.15) is 0 Å². The number of nitrogens with one attached hydrogen (secondary N) is 1. The van der Waals surface area contributed by atoms with Crippen LogP contribution in [0.4, 0.5) is 11.5 Å². The first-order valence-electron chi connectivity index (χ1n) is 6.73. The van der Waals surface area contributed by atoms with E-state index >= 15 is 0 Å². The lowest BCUT2D eigenvalue weighted by atomic mass is 9.92. The number of anilines is 1. The van der Waals surface area contributed by atoms with Crippen LogP contribution in [0.25, 0.3) is 11.3 Å². The van der Waals surface area contributed by atoms with Gasteiger partial charge in [0.05, 0.1) is 12.6 Å². The Bertz CT molecular complexity index is 719. The van der Waals surface area contributed by atoms with Gasteiger partial charge in [-0.15, -0.1) is 0 Å². The second kappa shape index (κ2) is 4.60. The highest BCUT2D eigenvalue weighted by Crippen LogP contribution is 2.37. The molecule has 0 bridgehead atoms. The highest BCUT2D eigenvalue weighted by atomic mass is 16.6. The van der Waals surface area contributed by atoms with Gasteiger partial charge in [-0.25, -0.2) is 4.57 Å². The lowest BCUT2D eigenvalue weighted by molar-refractivity contribution is -0.391. The van der Waals surface area contributed by atoms with Gasteiger partial charge in [-0.05, 0) is 43.0 Å². The minimum absolute atomic E-state index is 0.0800. The number of fused-ring (bicyclic) bond motifs is 1. The molecular weight excluding hydrogens is 270 g/mol. The molecule has 2 aromatic rings. The Morgan fingerprint density at radius 3 is 2.76 bits per heavy atom. The van der Waals surface area contributed by atoms with E-state index in [0.717, 1.165) is 22.5 Å². The summed E-state index contributed by atoms with van der Waals surface area (Å²) in [5, 5.41) is 14.2. The summed E-state index contributed by atoms with van der Waals surface area (Å²) in [5.41, 5.74) is 3.46. The predicted molar refractivity (Wildman–Crippen MR) is 80.1 cm³/mol. The number of nitro groups is 1. The third kappa shape index (κ3) is 2.17. The number of rotatable bonds is 2. The lowest BCUT2D eigenvalue weighted by Crippen LogP contribution is -2.31. The van der Waals surface area contributed by atoms with Crippen LogP contribution in [-0.4, -0.2) is 16.2 Å². The molecule has 0 fully saturated rings. The van der Waals surface area contributed by atoms with Crippen LogP contribution in [0.2, 0.25) is 0 Å². The largest absolute Gasteiger partial charge is 0.362 e. The molecule has 6 heteroatoms. The second-order valence-corrected chi connectivity index (χ2v) is 5.63. The maximum atomic E-state index is 11.0. The normalized spacial score (nSPS) is 16.1. The van der Waals surface area contributed by atoms with Crippen molar-refractivity contribution in [3.05, 3.63) is 46.0 Å². The van der Waals surface area contributed by atoms with Crippen molar-refractivity contribution < 1.29 is 9.66 Å². The van der Waals surface area contributed by atoms with Crippen molar-refractivity contribution in [2.24, 2.45) is 7.05 Å². The third-order valence-corrected chi connectivity index (χ3v) is 3.94. The fourth-order valence-corrected chi connectivity index (χ4v) is 2.70. The molecule has 1 N–H and O–H groups in total. The first-order valence-corrected chi connectivity index (χ1v) is 6.73. The van der Waals surface area contributed by atoms with Crippen LogP contribution in [0.15, 0.2) is 30.3 Å². The third-order valence-electron chi connectivity index (χ3n) is 3.94. The molecule has 0 aliphatic carbocycles. The standard InChI is InChI=1S/C15H17N3O3/c1-15(2)11-8-10(4-5-12(11)16-9-21-15)13-6-7-14(17(13)3)18(19)20/h4-8,16H,9H2,1-3H3. The highest BCUT2D eigenvalue weighted by molar-refractivity contribution is 5.69. The first-order chi connectivity index (χ1) is 9.90. The Balaban J connectivity index is 2.11. The fraction of sp³-hybridized carbons (Fsp3) is 0.333. The number of hydrogen-bond acceptors (Lipinski definition) is 4. The number of nitrogens with zero attached hydrogens (tertiary/aromatic N) is 2. The summed E-state index contributed by atoms with van der Waals surface area (Å²) in [5.74, 6) is 0.0800. The summed E-state index contributed by atoms with van der Waals surface area (Å²) in [6, 6.07) is 9.28. The van der Waals surface area contributed by atoms with E-state index in [1.807, 2.05) is 32.0 Å². The summed E-state index contributed by atoms with van der Waals surface area (Å²) in [4.78, 5) is 10.6. The Morgan fingerprint density at radius 2 is 2.10 bits per heavy atom. The minimum Gasteiger partial charge on any atom is -0.362 e. The molecule has 1 aromatic carbocycles. The molecule has 6 nitrogen and oxygen atoms in total. The van der Waals surface area contributed by atoms with Crippen molar-refractivity contribution in [2.45, 2.75) is 19.4 Å². The maximum absolute atomic E-state index is 11.0. The van der Waals surface area contributed by atoms with Crippen LogP contribution in [-0.2, 0) is 17.4 Å². The summed E-state index contributed by atoms with van der Waals surface area (Å²) in [6.45, 7) is 4.52. The van der Waals surface area contributed by atoms with Crippen molar-refractivity contribution in [2.75, 3.05) is 12.0 Å². The van der Waals surface area contributed by atoms with Gasteiger partial charge >= 0.3 is 5.82 Å². The molecule has 0 atom stereocenters. The van der Waals surface area contributed by atoms with Gasteiger partial charge in [-0.1, -0.05) is 0 Å². The molecule has 0 amide bonds. The quantitative estimate of drug-likeness (QED) is 0.680. The van der Waals surface area contributed by atoms with E-state index in [1.165, 1.54) is 6.07 Å². The van der Waals surface area contributed by atoms with Crippen molar-refractivity contribution in [1.29, 1.82) is 0 Å². The molecule has 0 unspecified atom stereocenters. The molecule has 1 aliphatic rings. The Labute approximate surface area is 122 Å². The zero-order chi connectivity index (χ0) is 15.2. The van der Waals surface area contributed by atoms with Gasteiger partial charge in [0, 0.05) is 22.9 Å². The topological polar surface area (TPSA) is 69.3 Å². The molecule has 1 aromatic heterocycles. The van der Waals surface area contributed by atoms with Crippen LogP contribution >= 0.6 is 0 Å². The van der Waals surface area contributed by atoms with Crippen molar-refractivity contribution >= 4 is 11.5 Å². The summed E-state index contributed by atoms with van der Waals surface area (Å²) in [7, 11) is 1.70. The van der Waals surface area contributed by atoms with Crippen LogP contribution in [0.1, 0.15) is 19.4 Å². The van der Waals surface area contributed by atoms with E-state index in [4.69, 9.17) is 4.74 Å². The molecule has 0 radical (unpaired) electrons. The van der Waals surface area contributed by atoms with E-state index < -0.39 is 0 Å². The predicted octanol–water partition coefficient (Wildman–Crippen LogP) is 3.24. The Kier molecular flexibility index (Phi) is 2.98. The molecule has 2 heterocycles. The van der Waals surface area contributed by atoms with Crippen molar-refractivity contribution in [1.82, 2.24) is 4.57 Å². The van der Waals surface area contributed by atoms with Gasteiger partial charge in [0.15, 0.2) is 0 Å². The minimum atomic E-state index is -0.381. The van der Waals surface area contributed by atoms with Crippen LogP contribution in [0.5, 0.6) is 0 Å². The van der Waals surface area contributed by atoms with Gasteiger partial charge in [0.1, 0.15) is 12.4 Å². The van der Waals surface area contributed by atoms with Crippen molar-refractivity contribution in [3.8, 4) is 11.3 Å². The Hall–Kier alpha value is -2.34. The van der Waals surface area contributed by atoms with Gasteiger partial charge < -0.3 is 20.2 Å². The number of ether oxygens (including phenoxy) is 1. The SMILES string of the molecule is Cn1c(-c2ccc3c(c2)C(C)(C)OCN3)ccc1[N+](=O)[O-]. The van der Waals surface area contributed by atoms with Gasteiger partial charge in [-0.3, -0.25) is 0 Å². The highest BCUT2D eigenvalue weighted by Gasteiger charge is 2.29. The zero-order valence-corrected chi connectivity index (χ0v) is 12.2. The van der Waals surface area contributed by atoms with E-state index in [0.29, 0.717) is 6.73 Å². The molecule has 1 aliphatic heterocycles. The molecular formula is C15H17N3O3. The molecule has 0 saturated heterocycles. The van der Waals surface area contributed by atoms with E-state index in [1.54, 1.807) is 17.7 Å². The second-order valence-electron chi connectivity index (χ2n) is 5.63. The molecule has 3 rings (SSSR count). The van der Waals surface area contributed by atoms with E-state index in [-0.39, 0.29) is 16.3 Å². The number of benzene rings is 1. The first kappa shape index (κ1) is 13.6. The van der Waals surface area contributed by atoms with Crippen LogP contribution in [0.3, 0.4) is 0 Å². The van der Waals surface area contributed by atoms with Crippen LogP contribution < -0.4 is 5.32 Å². The van der Waals surface area contributed by atoms with Crippen LogP contribution in [0, 0.1) is 10.1 Å². The lowest BCUT2D eigenvalue weighted by Gasteiger charge is -2.33. The van der Waals surface area contributed by atoms with Gasteiger partial charge in [0.25, 0.3) is 0 Å².